The first-order valence-corrected chi connectivity index (χ1v) is 4.95. The molecule has 0 aliphatic heterocycles. The second-order valence-electron chi connectivity index (χ2n) is 2.98. The second kappa shape index (κ2) is 10.3. The minimum atomic E-state index is 0. The molecule has 0 spiro atoms. The molecule has 1 aromatic rings. The van der Waals surface area contributed by atoms with E-state index in [0.717, 1.165) is 12.8 Å². The molecule has 0 saturated heterocycles. The highest BCUT2D eigenvalue weighted by molar-refractivity contribution is 5.26. The lowest BCUT2D eigenvalue weighted by molar-refractivity contribution is 1.02. The van der Waals surface area contributed by atoms with E-state index in [4.69, 9.17) is 0 Å². The van der Waals surface area contributed by atoms with Crippen LogP contribution in [0.15, 0.2) is 24.3 Å². The Bertz CT molecular complexity index is 195. The minimum Gasteiger partial charge on any atom is -0.323 e. The molecule has 0 radical (unpaired) electrons. The molecule has 0 saturated carbocycles. The van der Waals surface area contributed by atoms with E-state index in [1.165, 1.54) is 11.1 Å². The Balaban J connectivity index is 0. The van der Waals surface area contributed by atoms with E-state index in [9.17, 15) is 0 Å². The van der Waals surface area contributed by atoms with E-state index in [1.807, 2.05) is 14.1 Å². The topological polar surface area (TPSA) is 12.0 Å². The van der Waals surface area contributed by atoms with Gasteiger partial charge in [0, 0.05) is 0 Å². The van der Waals surface area contributed by atoms with E-state index in [-0.39, 0.29) is 7.43 Å². The summed E-state index contributed by atoms with van der Waals surface area (Å²) >= 11 is 0. The van der Waals surface area contributed by atoms with Crippen LogP contribution in [-0.2, 0) is 12.8 Å². The van der Waals surface area contributed by atoms with Gasteiger partial charge in [0.2, 0.25) is 0 Å². The number of rotatable bonds is 2. The van der Waals surface area contributed by atoms with Crippen molar-refractivity contribution in [2.45, 2.75) is 34.1 Å². The van der Waals surface area contributed by atoms with E-state index >= 15 is 0 Å². The van der Waals surface area contributed by atoms with Crippen LogP contribution >= 0.6 is 0 Å². The standard InChI is InChI=1S/C10H14.C2H7N.CH4/c1-3-9-7-5-6-8-10(9)4-2;1-3-2;/h5-8H,3-4H2,1-2H3;3H,1-2H3;1H4. The normalized spacial score (nSPS) is 8.29. The van der Waals surface area contributed by atoms with Crippen LogP contribution in [0.5, 0.6) is 0 Å². The number of nitrogens with one attached hydrogen (secondary N) is 1. The van der Waals surface area contributed by atoms with Gasteiger partial charge in [0.05, 0.1) is 0 Å². The first-order valence-electron chi connectivity index (χ1n) is 4.95. The molecule has 0 fully saturated rings. The fraction of sp³-hybridized carbons (Fsp3) is 0.538. The van der Waals surface area contributed by atoms with Gasteiger partial charge in [0.15, 0.2) is 0 Å². The zero-order valence-corrected chi connectivity index (χ0v) is 9.22. The summed E-state index contributed by atoms with van der Waals surface area (Å²) in [5, 5.41) is 2.75. The summed E-state index contributed by atoms with van der Waals surface area (Å²) in [6.45, 7) is 4.41. The second-order valence-corrected chi connectivity index (χ2v) is 2.98. The van der Waals surface area contributed by atoms with Crippen molar-refractivity contribution in [2.24, 2.45) is 0 Å². The molecule has 1 aromatic carbocycles. The maximum atomic E-state index is 2.75. The Kier molecular flexibility index (Phi) is 11.5. The molecule has 0 unspecified atom stereocenters. The van der Waals surface area contributed by atoms with Crippen LogP contribution in [-0.4, -0.2) is 14.1 Å². The fourth-order valence-corrected chi connectivity index (χ4v) is 1.25. The van der Waals surface area contributed by atoms with Crippen LogP contribution in [0, 0.1) is 0 Å². The fourth-order valence-electron chi connectivity index (χ4n) is 1.25. The van der Waals surface area contributed by atoms with Gasteiger partial charge in [-0.15, -0.1) is 0 Å². The third kappa shape index (κ3) is 5.76. The summed E-state index contributed by atoms with van der Waals surface area (Å²) in [5.74, 6) is 0. The Hall–Kier alpha value is -0.820. The van der Waals surface area contributed by atoms with Crippen molar-refractivity contribution in [3.8, 4) is 0 Å². The largest absolute Gasteiger partial charge is 0.323 e. The van der Waals surface area contributed by atoms with Crippen molar-refractivity contribution in [3.05, 3.63) is 35.4 Å². The van der Waals surface area contributed by atoms with Crippen LogP contribution in [0.1, 0.15) is 32.4 Å². The number of aryl methyl sites for hydroxylation is 2. The Labute approximate surface area is 89.5 Å². The molecule has 1 heteroatoms. The lowest BCUT2D eigenvalue weighted by Gasteiger charge is -2.02. The van der Waals surface area contributed by atoms with E-state index in [2.05, 4.69) is 43.4 Å². The predicted octanol–water partition coefficient (Wildman–Crippen LogP) is 3.28. The van der Waals surface area contributed by atoms with E-state index in [0.29, 0.717) is 0 Å². The van der Waals surface area contributed by atoms with Crippen molar-refractivity contribution >= 4 is 0 Å². The summed E-state index contributed by atoms with van der Waals surface area (Å²) in [6.07, 6.45) is 2.31. The lowest BCUT2D eigenvalue weighted by atomic mass is 10.0. The van der Waals surface area contributed by atoms with Crippen molar-refractivity contribution in [2.75, 3.05) is 14.1 Å². The molecule has 0 bridgehead atoms. The molecule has 0 atom stereocenters. The molecule has 14 heavy (non-hydrogen) atoms. The Morgan fingerprint density at radius 2 is 1.21 bits per heavy atom. The van der Waals surface area contributed by atoms with Gasteiger partial charge in [-0.05, 0) is 38.1 Å². The van der Waals surface area contributed by atoms with Gasteiger partial charge in [-0.3, -0.25) is 0 Å². The van der Waals surface area contributed by atoms with Crippen molar-refractivity contribution in [1.29, 1.82) is 0 Å². The summed E-state index contributed by atoms with van der Waals surface area (Å²) < 4.78 is 0. The van der Waals surface area contributed by atoms with Gasteiger partial charge < -0.3 is 5.32 Å². The molecular weight excluding hydrogens is 170 g/mol. The molecule has 0 aliphatic carbocycles. The summed E-state index contributed by atoms with van der Waals surface area (Å²) in [6, 6.07) is 8.63. The Morgan fingerprint density at radius 1 is 0.929 bits per heavy atom. The maximum Gasteiger partial charge on any atom is -0.0167 e. The highest BCUT2D eigenvalue weighted by Gasteiger charge is 1.93. The first kappa shape index (κ1) is 15.6. The average molecular weight is 195 g/mol. The van der Waals surface area contributed by atoms with Gasteiger partial charge >= 0.3 is 0 Å². The van der Waals surface area contributed by atoms with Gasteiger partial charge in [0.1, 0.15) is 0 Å². The third-order valence-electron chi connectivity index (χ3n) is 1.88. The SMILES string of the molecule is C.CCc1ccccc1CC.CNC. The van der Waals surface area contributed by atoms with Crippen LogP contribution < -0.4 is 5.32 Å². The predicted molar refractivity (Wildman–Crippen MR) is 66.9 cm³/mol. The van der Waals surface area contributed by atoms with Crippen molar-refractivity contribution in [3.63, 3.8) is 0 Å². The molecule has 0 aromatic heterocycles. The summed E-state index contributed by atoms with van der Waals surface area (Å²) in [5.41, 5.74) is 2.98. The van der Waals surface area contributed by atoms with Gasteiger partial charge in [-0.25, -0.2) is 0 Å². The highest BCUT2D eigenvalue weighted by Crippen LogP contribution is 2.08. The molecule has 1 N–H and O–H groups in total. The molecule has 1 rings (SSSR count). The van der Waals surface area contributed by atoms with Gasteiger partial charge in [-0.1, -0.05) is 45.5 Å². The van der Waals surface area contributed by atoms with Gasteiger partial charge in [-0.2, -0.15) is 0 Å². The van der Waals surface area contributed by atoms with Crippen molar-refractivity contribution < 1.29 is 0 Å². The molecule has 1 nitrogen and oxygen atoms in total. The summed E-state index contributed by atoms with van der Waals surface area (Å²) in [7, 11) is 3.75. The average Bonchev–Trinajstić information content (AvgIpc) is 2.19. The van der Waals surface area contributed by atoms with Crippen LogP contribution in [0.25, 0.3) is 0 Å². The number of hydrogen-bond acceptors (Lipinski definition) is 1. The third-order valence-corrected chi connectivity index (χ3v) is 1.88. The number of benzene rings is 1. The smallest absolute Gasteiger partial charge is 0.0167 e. The van der Waals surface area contributed by atoms with Gasteiger partial charge in [0.25, 0.3) is 0 Å². The molecule has 0 aliphatic rings. The quantitative estimate of drug-likeness (QED) is 0.763. The maximum absolute atomic E-state index is 2.75. The summed E-state index contributed by atoms with van der Waals surface area (Å²) in [4.78, 5) is 0. The number of hydrogen-bond donors (Lipinski definition) is 1. The van der Waals surface area contributed by atoms with E-state index in [1.54, 1.807) is 0 Å². The zero-order valence-electron chi connectivity index (χ0n) is 9.22. The van der Waals surface area contributed by atoms with Crippen molar-refractivity contribution in [1.82, 2.24) is 5.32 Å². The van der Waals surface area contributed by atoms with Crippen LogP contribution in [0.4, 0.5) is 0 Å². The molecule has 0 heterocycles. The van der Waals surface area contributed by atoms with E-state index < -0.39 is 0 Å². The molecule has 0 amide bonds. The zero-order chi connectivity index (χ0) is 10.1. The monoisotopic (exact) mass is 195 g/mol. The Morgan fingerprint density at radius 3 is 1.43 bits per heavy atom. The van der Waals surface area contributed by atoms with Crippen LogP contribution in [0.3, 0.4) is 0 Å². The lowest BCUT2D eigenvalue weighted by Crippen LogP contribution is -1.89. The molecule has 82 valence electrons. The van der Waals surface area contributed by atoms with Crippen LogP contribution in [0.2, 0.25) is 0 Å². The highest BCUT2D eigenvalue weighted by atomic mass is 14.7. The first-order chi connectivity index (χ1) is 6.29. The molecular formula is C13H25N. The minimum absolute atomic E-state index is 0.